The van der Waals surface area contributed by atoms with Crippen molar-refractivity contribution in [3.05, 3.63) is 60.3 Å². The van der Waals surface area contributed by atoms with Gasteiger partial charge in [-0.2, -0.15) is 0 Å². The fraction of sp³-hybridized carbons (Fsp3) is 0.364. The first-order valence-corrected chi connectivity index (χ1v) is 9.94. The summed E-state index contributed by atoms with van der Waals surface area (Å²) < 4.78 is 1.80. The fourth-order valence-electron chi connectivity index (χ4n) is 3.74. The van der Waals surface area contributed by atoms with Crippen LogP contribution in [0.25, 0.3) is 16.9 Å². The van der Waals surface area contributed by atoms with Gasteiger partial charge in [-0.25, -0.2) is 4.98 Å². The lowest BCUT2D eigenvalue weighted by Crippen LogP contribution is -2.33. The van der Waals surface area contributed by atoms with Crippen LogP contribution in [0.5, 0.6) is 0 Å². The Hall–Kier alpha value is -3.02. The molecule has 3 aromatic rings. The Morgan fingerprint density at radius 2 is 1.54 bits per heavy atom. The molecular formula is C22H25N5O. The number of carbonyl (C=O) groups excluding carboxylic acids is 1. The molecule has 6 nitrogen and oxygen atoms in total. The largest absolute Gasteiger partial charge is 0.339 e. The number of amides is 1. The van der Waals surface area contributed by atoms with Gasteiger partial charge in [0.2, 0.25) is 0 Å². The molecule has 1 fully saturated rings. The highest BCUT2D eigenvalue weighted by Gasteiger charge is 2.16. The van der Waals surface area contributed by atoms with Crippen LogP contribution in [0.2, 0.25) is 0 Å². The average Bonchev–Trinajstić information content (AvgIpc) is 3.22. The maximum absolute atomic E-state index is 12.8. The van der Waals surface area contributed by atoms with Crippen molar-refractivity contribution >= 4 is 5.91 Å². The average molecular weight is 375 g/mol. The predicted molar refractivity (Wildman–Crippen MR) is 108 cm³/mol. The van der Waals surface area contributed by atoms with E-state index in [2.05, 4.69) is 21.2 Å². The molecule has 144 valence electrons. The van der Waals surface area contributed by atoms with Crippen LogP contribution < -0.4 is 0 Å². The number of likely N-dealkylation sites (tertiary alicyclic amines) is 1. The Bertz CT molecular complexity index is 926. The minimum Gasteiger partial charge on any atom is -0.339 e. The highest BCUT2D eigenvalue weighted by molar-refractivity contribution is 5.94. The van der Waals surface area contributed by atoms with Crippen molar-refractivity contribution in [1.82, 2.24) is 24.6 Å². The zero-order valence-electron chi connectivity index (χ0n) is 16.2. The molecule has 2 aromatic heterocycles. The molecule has 6 heteroatoms. The number of nitrogens with zero attached hydrogens (tertiary/aromatic N) is 5. The maximum atomic E-state index is 12.8. The molecule has 1 amide bonds. The molecule has 0 unspecified atom stereocenters. The number of carbonyl (C=O) groups is 1. The van der Waals surface area contributed by atoms with E-state index in [0.717, 1.165) is 54.0 Å². The molecule has 0 aliphatic carbocycles. The number of hydrogen-bond acceptors (Lipinski definition) is 4. The van der Waals surface area contributed by atoms with Crippen molar-refractivity contribution in [1.29, 1.82) is 0 Å². The maximum Gasteiger partial charge on any atom is 0.253 e. The van der Waals surface area contributed by atoms with E-state index in [9.17, 15) is 4.79 Å². The van der Waals surface area contributed by atoms with Crippen LogP contribution >= 0.6 is 0 Å². The van der Waals surface area contributed by atoms with Crippen LogP contribution in [-0.4, -0.2) is 43.6 Å². The Balaban J connectivity index is 1.51. The van der Waals surface area contributed by atoms with Crippen molar-refractivity contribution < 1.29 is 4.79 Å². The van der Waals surface area contributed by atoms with E-state index in [-0.39, 0.29) is 5.91 Å². The van der Waals surface area contributed by atoms with E-state index in [1.165, 1.54) is 19.3 Å². The zero-order chi connectivity index (χ0) is 19.3. The Morgan fingerprint density at radius 1 is 0.893 bits per heavy atom. The number of pyridine rings is 1. The summed E-state index contributed by atoms with van der Waals surface area (Å²) in [7, 11) is 0. The number of hydrogen-bond donors (Lipinski definition) is 0. The molecule has 3 heterocycles. The number of aryl methyl sites for hydroxylation is 1. The fourth-order valence-corrected chi connectivity index (χ4v) is 3.74. The highest BCUT2D eigenvalue weighted by Crippen LogP contribution is 2.23. The Kier molecular flexibility index (Phi) is 5.46. The molecule has 0 saturated carbocycles. The highest BCUT2D eigenvalue weighted by atomic mass is 16.2. The van der Waals surface area contributed by atoms with Gasteiger partial charge in [0.25, 0.3) is 5.91 Å². The van der Waals surface area contributed by atoms with Gasteiger partial charge in [0.05, 0.1) is 0 Å². The smallest absolute Gasteiger partial charge is 0.253 e. The van der Waals surface area contributed by atoms with Crippen molar-refractivity contribution in [2.24, 2.45) is 0 Å². The van der Waals surface area contributed by atoms with E-state index in [0.29, 0.717) is 0 Å². The molecule has 1 saturated heterocycles. The summed E-state index contributed by atoms with van der Waals surface area (Å²) >= 11 is 0. The minimum atomic E-state index is 0.144. The lowest BCUT2D eigenvalue weighted by molar-refractivity contribution is 0.0742. The van der Waals surface area contributed by atoms with Crippen molar-refractivity contribution in [3.8, 4) is 16.9 Å². The van der Waals surface area contributed by atoms with Crippen molar-refractivity contribution in [3.63, 3.8) is 0 Å². The second-order valence-electron chi connectivity index (χ2n) is 7.37. The third kappa shape index (κ3) is 3.96. The van der Waals surface area contributed by atoms with Crippen LogP contribution in [0.4, 0.5) is 0 Å². The summed E-state index contributed by atoms with van der Waals surface area (Å²) in [4.78, 5) is 19.4. The summed E-state index contributed by atoms with van der Waals surface area (Å²) in [6.07, 6.45) is 11.1. The summed E-state index contributed by atoms with van der Waals surface area (Å²) in [5.74, 6) is 0.961. The molecule has 0 spiro atoms. The van der Waals surface area contributed by atoms with Gasteiger partial charge >= 0.3 is 0 Å². The molecule has 0 radical (unpaired) electrons. The van der Waals surface area contributed by atoms with Gasteiger partial charge in [0, 0.05) is 30.4 Å². The van der Waals surface area contributed by atoms with Gasteiger partial charge in [0.15, 0.2) is 0 Å². The van der Waals surface area contributed by atoms with Gasteiger partial charge in [-0.05, 0) is 49.1 Å². The second-order valence-corrected chi connectivity index (χ2v) is 7.37. The number of rotatable bonds is 3. The first-order chi connectivity index (χ1) is 13.7. The molecule has 0 atom stereocenters. The number of benzene rings is 1. The quantitative estimate of drug-likeness (QED) is 0.693. The van der Waals surface area contributed by atoms with Crippen LogP contribution in [0, 0.1) is 6.92 Å². The molecular weight excluding hydrogens is 350 g/mol. The van der Waals surface area contributed by atoms with E-state index in [1.807, 2.05) is 42.3 Å². The molecule has 4 rings (SSSR count). The number of aromatic nitrogens is 4. The molecule has 0 bridgehead atoms. The Morgan fingerprint density at radius 3 is 2.18 bits per heavy atom. The van der Waals surface area contributed by atoms with Crippen molar-refractivity contribution in [2.75, 3.05) is 13.1 Å². The molecule has 1 aliphatic rings. The molecule has 28 heavy (non-hydrogen) atoms. The van der Waals surface area contributed by atoms with E-state index >= 15 is 0 Å². The van der Waals surface area contributed by atoms with E-state index in [4.69, 9.17) is 0 Å². The van der Waals surface area contributed by atoms with Gasteiger partial charge in [0.1, 0.15) is 18.5 Å². The third-order valence-electron chi connectivity index (χ3n) is 5.32. The standard InChI is InChI=1S/C22H25N5O/c1-17-13-20(14-23-21(17)27-15-24-25-16-27)18-7-9-19(10-8-18)22(28)26-11-5-3-2-4-6-12-26/h7-10,13-16H,2-6,11-12H2,1H3. The zero-order valence-corrected chi connectivity index (χ0v) is 16.2. The van der Waals surface area contributed by atoms with Gasteiger partial charge in [-0.1, -0.05) is 31.4 Å². The lowest BCUT2D eigenvalue weighted by Gasteiger charge is -2.25. The normalized spacial score (nSPS) is 15.1. The first-order valence-electron chi connectivity index (χ1n) is 9.94. The van der Waals surface area contributed by atoms with Gasteiger partial charge in [-0.15, -0.1) is 10.2 Å². The van der Waals surface area contributed by atoms with E-state index < -0.39 is 0 Å². The van der Waals surface area contributed by atoms with Crippen LogP contribution in [0.3, 0.4) is 0 Å². The van der Waals surface area contributed by atoms with E-state index in [1.54, 1.807) is 17.2 Å². The SMILES string of the molecule is Cc1cc(-c2ccc(C(=O)N3CCCCCCC3)cc2)cnc1-n1cnnc1. The summed E-state index contributed by atoms with van der Waals surface area (Å²) in [6, 6.07) is 9.97. The summed E-state index contributed by atoms with van der Waals surface area (Å²) in [6.45, 7) is 3.76. The minimum absolute atomic E-state index is 0.144. The van der Waals surface area contributed by atoms with Crippen LogP contribution in [0.15, 0.2) is 49.2 Å². The van der Waals surface area contributed by atoms with Gasteiger partial charge < -0.3 is 4.90 Å². The summed E-state index contributed by atoms with van der Waals surface area (Å²) in [5, 5.41) is 7.67. The summed E-state index contributed by atoms with van der Waals surface area (Å²) in [5.41, 5.74) is 3.88. The molecule has 0 N–H and O–H groups in total. The Labute approximate surface area is 165 Å². The predicted octanol–water partition coefficient (Wildman–Crippen LogP) is 4.04. The lowest BCUT2D eigenvalue weighted by atomic mass is 10.0. The van der Waals surface area contributed by atoms with Crippen molar-refractivity contribution in [2.45, 2.75) is 39.0 Å². The second kappa shape index (κ2) is 8.33. The monoisotopic (exact) mass is 375 g/mol. The van der Waals surface area contributed by atoms with Crippen LogP contribution in [0.1, 0.15) is 48.0 Å². The molecule has 1 aliphatic heterocycles. The molecule has 1 aromatic carbocycles. The van der Waals surface area contributed by atoms with Gasteiger partial charge in [-0.3, -0.25) is 9.36 Å². The third-order valence-corrected chi connectivity index (χ3v) is 5.32. The van der Waals surface area contributed by atoms with Crippen LogP contribution in [-0.2, 0) is 0 Å². The first kappa shape index (κ1) is 18.3. The topological polar surface area (TPSA) is 63.9 Å².